The molecule has 2 saturated carbocycles. The van der Waals surface area contributed by atoms with Crippen LogP contribution >= 0.6 is 11.9 Å². The highest BCUT2D eigenvalue weighted by Gasteiger charge is 2.44. The zero-order chi connectivity index (χ0) is 26.0. The van der Waals surface area contributed by atoms with Crippen LogP contribution in [0.5, 0.6) is 0 Å². The maximum atomic E-state index is 13.6. The van der Waals surface area contributed by atoms with E-state index in [-0.39, 0.29) is 44.0 Å². The number of nitrogens with one attached hydrogen (secondary N) is 2. The number of piperidine rings is 1. The van der Waals surface area contributed by atoms with Crippen molar-refractivity contribution in [3.8, 4) is 0 Å². The first kappa shape index (κ1) is 26.0. The maximum Gasteiger partial charge on any atom is 0.277 e. The van der Waals surface area contributed by atoms with Crippen LogP contribution in [0, 0.1) is 5.41 Å². The quantitative estimate of drug-likeness (QED) is 0.335. The summed E-state index contributed by atoms with van der Waals surface area (Å²) in [5.41, 5.74) is 2.15. The monoisotopic (exact) mass is 533 g/mol. The molecule has 0 unspecified atom stereocenters. The van der Waals surface area contributed by atoms with Crippen LogP contribution in [-0.4, -0.2) is 51.9 Å². The highest BCUT2D eigenvalue weighted by atomic mass is 32.2. The molecule has 1 spiro atoms. The molecule has 2 aliphatic carbocycles. The predicted octanol–water partition coefficient (Wildman–Crippen LogP) is 4.68. The number of halogens is 2. The van der Waals surface area contributed by atoms with Crippen molar-refractivity contribution >= 4 is 34.9 Å². The number of rotatable bonds is 8. The van der Waals surface area contributed by atoms with Gasteiger partial charge in [-0.05, 0) is 62.1 Å². The molecular weight excluding hydrogens is 500 g/mol. The van der Waals surface area contributed by atoms with Crippen molar-refractivity contribution in [2.45, 2.75) is 63.3 Å². The van der Waals surface area contributed by atoms with E-state index in [2.05, 4.69) is 19.9 Å². The lowest BCUT2D eigenvalue weighted by atomic mass is 9.92. The lowest BCUT2D eigenvalue weighted by molar-refractivity contribution is -0.0443. The molecule has 37 heavy (non-hydrogen) atoms. The summed E-state index contributed by atoms with van der Waals surface area (Å²) in [6, 6.07) is 5.12. The molecule has 11 heteroatoms. The largest absolute Gasteiger partial charge is 0.395 e. The number of nitrogens with zero attached hydrogens (tertiary/aromatic N) is 3. The zero-order valence-corrected chi connectivity index (χ0v) is 21.5. The summed E-state index contributed by atoms with van der Waals surface area (Å²) >= 11 is 1.39. The minimum absolute atomic E-state index is 0.0343. The van der Waals surface area contributed by atoms with Gasteiger partial charge in [-0.2, -0.15) is 0 Å². The van der Waals surface area contributed by atoms with Gasteiger partial charge in [0, 0.05) is 43.4 Å². The molecule has 3 aliphatic rings. The number of amides is 1. The number of hydrogen-bond acceptors (Lipinski definition) is 7. The van der Waals surface area contributed by atoms with Crippen LogP contribution in [0.3, 0.4) is 0 Å². The van der Waals surface area contributed by atoms with Crippen LogP contribution in [0.15, 0.2) is 35.5 Å². The lowest BCUT2D eigenvalue weighted by Crippen LogP contribution is -2.36. The Balaban J connectivity index is 1.36. The second kappa shape index (κ2) is 10.6. The first-order valence-corrected chi connectivity index (χ1v) is 13.9. The number of benzene rings is 1. The lowest BCUT2D eigenvalue weighted by Gasteiger charge is -2.35. The topological polar surface area (TPSA) is 99.5 Å². The molecule has 0 radical (unpaired) electrons. The fraction of sp³-hybridized carbons (Fsp3) is 0.577. The van der Waals surface area contributed by atoms with Crippen LogP contribution in [0.2, 0.25) is 0 Å². The second-order valence-corrected chi connectivity index (χ2v) is 11.4. The van der Waals surface area contributed by atoms with Gasteiger partial charge in [0.1, 0.15) is 5.69 Å². The Bertz CT molecular complexity index is 1180. The van der Waals surface area contributed by atoms with Crippen molar-refractivity contribution in [2.24, 2.45) is 5.41 Å². The summed E-state index contributed by atoms with van der Waals surface area (Å²) in [4.78, 5) is 32.9. The van der Waals surface area contributed by atoms with E-state index in [0.717, 1.165) is 37.3 Å². The number of aromatic nitrogens is 2. The fourth-order valence-corrected chi connectivity index (χ4v) is 5.88. The van der Waals surface area contributed by atoms with Crippen molar-refractivity contribution in [3.63, 3.8) is 0 Å². The summed E-state index contributed by atoms with van der Waals surface area (Å²) in [6.45, 7) is 1.78. The summed E-state index contributed by atoms with van der Waals surface area (Å²) in [5.74, 6) is -2.57. The molecule has 1 aromatic carbocycles. The number of aliphatic hydroxyl groups is 1. The summed E-state index contributed by atoms with van der Waals surface area (Å²) in [7, 11) is 0. The molecule has 2 heterocycles. The third-order valence-electron chi connectivity index (χ3n) is 7.94. The number of carbonyl (C=O) groups is 1. The van der Waals surface area contributed by atoms with Gasteiger partial charge in [-0.3, -0.25) is 14.2 Å². The van der Waals surface area contributed by atoms with Gasteiger partial charge in [-0.1, -0.05) is 11.9 Å². The van der Waals surface area contributed by atoms with E-state index in [1.807, 2.05) is 6.07 Å². The van der Waals surface area contributed by atoms with Gasteiger partial charge in [-0.15, -0.1) is 0 Å². The minimum atomic E-state index is -2.69. The van der Waals surface area contributed by atoms with Gasteiger partial charge in [0.2, 0.25) is 5.92 Å². The van der Waals surface area contributed by atoms with E-state index in [0.29, 0.717) is 16.7 Å². The Kier molecular flexibility index (Phi) is 7.44. The molecule has 8 nitrogen and oxygen atoms in total. The van der Waals surface area contributed by atoms with Gasteiger partial charge in [0.15, 0.2) is 0 Å². The third-order valence-corrected chi connectivity index (χ3v) is 8.70. The smallest absolute Gasteiger partial charge is 0.277 e. The SMILES string of the molecule is O=C(Nc1cncn(C2CCC(F)(F)CC2)c1=O)c1ccc(NSCCO)cc1N1CCC2(CC1)CC2. The van der Waals surface area contributed by atoms with E-state index < -0.39 is 17.4 Å². The van der Waals surface area contributed by atoms with Crippen molar-refractivity contribution in [2.75, 3.05) is 40.4 Å². The van der Waals surface area contributed by atoms with Gasteiger partial charge >= 0.3 is 0 Å². The van der Waals surface area contributed by atoms with E-state index in [4.69, 9.17) is 5.11 Å². The van der Waals surface area contributed by atoms with Crippen LogP contribution in [0.25, 0.3) is 0 Å². The molecular formula is C26H33F2N5O3S. The molecule has 1 amide bonds. The molecule has 1 saturated heterocycles. The molecule has 0 bridgehead atoms. The summed E-state index contributed by atoms with van der Waals surface area (Å²) in [5, 5.41) is 11.8. The van der Waals surface area contributed by atoms with Crippen LogP contribution in [0.1, 0.15) is 67.8 Å². The average Bonchev–Trinajstić information content (AvgIpc) is 3.64. The number of hydrogen-bond donors (Lipinski definition) is 3. The molecule has 5 rings (SSSR count). The first-order valence-electron chi connectivity index (χ1n) is 12.9. The Hall–Kier alpha value is -2.66. The van der Waals surface area contributed by atoms with E-state index in [1.54, 1.807) is 12.1 Å². The molecule has 2 aromatic rings. The predicted molar refractivity (Wildman–Crippen MR) is 142 cm³/mol. The molecule has 200 valence electrons. The van der Waals surface area contributed by atoms with Crippen LogP contribution in [-0.2, 0) is 0 Å². The summed E-state index contributed by atoms with van der Waals surface area (Å²) in [6.07, 6.45) is 7.27. The van der Waals surface area contributed by atoms with E-state index >= 15 is 0 Å². The van der Waals surface area contributed by atoms with E-state index in [9.17, 15) is 18.4 Å². The Morgan fingerprint density at radius 3 is 2.54 bits per heavy atom. The molecule has 0 atom stereocenters. The second-order valence-electron chi connectivity index (χ2n) is 10.5. The maximum absolute atomic E-state index is 13.6. The fourth-order valence-electron chi connectivity index (χ4n) is 5.39. The molecule has 3 fully saturated rings. The van der Waals surface area contributed by atoms with E-state index in [1.165, 1.54) is 41.9 Å². The van der Waals surface area contributed by atoms with Crippen molar-refractivity contribution in [3.05, 3.63) is 46.6 Å². The van der Waals surface area contributed by atoms with Crippen molar-refractivity contribution < 1.29 is 18.7 Å². The Morgan fingerprint density at radius 2 is 1.86 bits per heavy atom. The number of aliphatic hydroxyl groups excluding tert-OH is 1. The summed E-state index contributed by atoms with van der Waals surface area (Å²) < 4.78 is 31.8. The van der Waals surface area contributed by atoms with Gasteiger partial charge < -0.3 is 20.0 Å². The van der Waals surface area contributed by atoms with Gasteiger partial charge in [0.25, 0.3) is 11.5 Å². The first-order chi connectivity index (χ1) is 17.8. The zero-order valence-electron chi connectivity index (χ0n) is 20.7. The molecule has 1 aliphatic heterocycles. The van der Waals surface area contributed by atoms with Crippen molar-refractivity contribution in [1.82, 2.24) is 9.55 Å². The van der Waals surface area contributed by atoms with Crippen LogP contribution < -0.4 is 20.5 Å². The minimum Gasteiger partial charge on any atom is -0.395 e. The number of carbonyl (C=O) groups excluding carboxylic acids is 1. The third kappa shape index (κ3) is 5.93. The highest BCUT2D eigenvalue weighted by molar-refractivity contribution is 8.00. The van der Waals surface area contributed by atoms with Crippen molar-refractivity contribution in [1.29, 1.82) is 0 Å². The highest BCUT2D eigenvalue weighted by Crippen LogP contribution is 2.54. The number of anilines is 3. The normalized spacial score (nSPS) is 20.6. The standard InChI is InChI=1S/C26H33F2N5O3S/c27-26(28)5-3-19(4-6-26)33-17-29-16-21(24(33)36)30-23(35)20-2-1-18(31-37-14-13-34)15-22(20)32-11-9-25(7-8-25)10-12-32/h1-2,15-17,19,31,34H,3-14H2,(H,30,35). The van der Waals surface area contributed by atoms with Crippen LogP contribution in [0.4, 0.5) is 25.8 Å². The van der Waals surface area contributed by atoms with Gasteiger partial charge in [-0.25, -0.2) is 13.8 Å². The molecule has 1 aromatic heterocycles. The average molecular weight is 534 g/mol. The Labute approximate surface area is 219 Å². The van der Waals surface area contributed by atoms with Gasteiger partial charge in [0.05, 0.1) is 30.4 Å². The number of alkyl halides is 2. The Morgan fingerprint density at radius 1 is 1.14 bits per heavy atom. The molecule has 3 N–H and O–H groups in total.